The van der Waals surface area contributed by atoms with E-state index in [4.69, 9.17) is 9.47 Å². The highest BCUT2D eigenvalue weighted by Gasteiger charge is 2.12. The summed E-state index contributed by atoms with van der Waals surface area (Å²) in [7, 11) is 1.60. The van der Waals surface area contributed by atoms with Gasteiger partial charge in [-0.15, -0.1) is 0 Å². The van der Waals surface area contributed by atoms with Gasteiger partial charge in [-0.25, -0.2) is 0 Å². The van der Waals surface area contributed by atoms with Gasteiger partial charge in [0.15, 0.2) is 11.5 Å². The first-order valence-corrected chi connectivity index (χ1v) is 7.65. The maximum Gasteiger partial charge on any atom is 0.251 e. The first-order chi connectivity index (χ1) is 11.0. The van der Waals surface area contributed by atoms with Crippen LogP contribution in [0.2, 0.25) is 0 Å². The molecule has 2 rings (SSSR count). The van der Waals surface area contributed by atoms with E-state index in [1.54, 1.807) is 7.11 Å². The molecule has 2 aromatic rings. The van der Waals surface area contributed by atoms with Crippen LogP contribution in [-0.4, -0.2) is 25.7 Å². The minimum atomic E-state index is -0.117. The molecule has 4 heteroatoms. The second-order valence-corrected chi connectivity index (χ2v) is 5.64. The summed E-state index contributed by atoms with van der Waals surface area (Å²) < 4.78 is 11.0. The van der Waals surface area contributed by atoms with E-state index in [0.29, 0.717) is 23.7 Å². The fourth-order valence-electron chi connectivity index (χ4n) is 2.18. The minimum absolute atomic E-state index is 0.0933. The Labute approximate surface area is 137 Å². The lowest BCUT2D eigenvalue weighted by atomic mass is 10.1. The van der Waals surface area contributed by atoms with E-state index in [-0.39, 0.29) is 11.9 Å². The van der Waals surface area contributed by atoms with Crippen molar-refractivity contribution in [3.8, 4) is 11.5 Å². The van der Waals surface area contributed by atoms with Crippen LogP contribution in [0, 0.1) is 13.8 Å². The van der Waals surface area contributed by atoms with Gasteiger partial charge in [0, 0.05) is 5.56 Å². The molecule has 0 bridgehead atoms. The highest BCUT2D eigenvalue weighted by atomic mass is 16.5. The molecular formula is C19H23NO3. The standard InChI is InChI=1S/C19H23NO3/c1-13-9-10-16(11-14(13)2)19(21)20-15(3)12-23-18-8-6-5-7-17(18)22-4/h5-11,15H,12H2,1-4H3,(H,20,21)/t15-/m0/s1. The van der Waals surface area contributed by atoms with Crippen LogP contribution < -0.4 is 14.8 Å². The Morgan fingerprint density at radius 3 is 2.43 bits per heavy atom. The minimum Gasteiger partial charge on any atom is -0.493 e. The van der Waals surface area contributed by atoms with Crippen molar-refractivity contribution < 1.29 is 14.3 Å². The van der Waals surface area contributed by atoms with E-state index in [1.165, 1.54) is 5.56 Å². The number of aryl methyl sites for hydroxylation is 2. The van der Waals surface area contributed by atoms with Crippen LogP contribution >= 0.6 is 0 Å². The summed E-state index contributed by atoms with van der Waals surface area (Å²) in [6.07, 6.45) is 0. The van der Waals surface area contributed by atoms with E-state index in [1.807, 2.05) is 63.2 Å². The van der Waals surface area contributed by atoms with Crippen molar-refractivity contribution in [2.75, 3.05) is 13.7 Å². The molecular weight excluding hydrogens is 290 g/mol. The Bertz CT molecular complexity index is 682. The lowest BCUT2D eigenvalue weighted by Gasteiger charge is -2.16. The predicted octanol–water partition coefficient (Wildman–Crippen LogP) is 3.51. The van der Waals surface area contributed by atoms with Crippen LogP contribution in [0.25, 0.3) is 0 Å². The van der Waals surface area contributed by atoms with E-state index in [0.717, 1.165) is 5.56 Å². The molecule has 0 aliphatic carbocycles. The Hall–Kier alpha value is -2.49. The number of benzene rings is 2. The highest BCUT2D eigenvalue weighted by Crippen LogP contribution is 2.25. The molecule has 0 fully saturated rings. The number of hydrogen-bond acceptors (Lipinski definition) is 3. The van der Waals surface area contributed by atoms with Gasteiger partial charge in [-0.1, -0.05) is 18.2 Å². The quantitative estimate of drug-likeness (QED) is 0.888. The van der Waals surface area contributed by atoms with Crippen molar-refractivity contribution in [2.24, 2.45) is 0 Å². The molecule has 0 spiro atoms. The van der Waals surface area contributed by atoms with Crippen LogP contribution in [-0.2, 0) is 0 Å². The number of para-hydroxylation sites is 2. The average molecular weight is 313 g/mol. The number of rotatable bonds is 6. The molecule has 0 radical (unpaired) electrons. The molecule has 1 atom stereocenters. The molecule has 1 amide bonds. The lowest BCUT2D eigenvalue weighted by molar-refractivity contribution is 0.0926. The summed E-state index contributed by atoms with van der Waals surface area (Å²) in [6.45, 7) is 6.31. The zero-order valence-corrected chi connectivity index (χ0v) is 14.1. The number of amides is 1. The molecule has 122 valence electrons. The fourth-order valence-corrected chi connectivity index (χ4v) is 2.18. The van der Waals surface area contributed by atoms with Crippen LogP contribution in [0.1, 0.15) is 28.4 Å². The van der Waals surface area contributed by atoms with Crippen molar-refractivity contribution >= 4 is 5.91 Å². The topological polar surface area (TPSA) is 47.6 Å². The van der Waals surface area contributed by atoms with Crippen molar-refractivity contribution in [3.05, 3.63) is 59.2 Å². The first-order valence-electron chi connectivity index (χ1n) is 7.65. The SMILES string of the molecule is COc1ccccc1OC[C@H](C)NC(=O)c1ccc(C)c(C)c1. The zero-order chi connectivity index (χ0) is 16.8. The summed E-state index contributed by atoms with van der Waals surface area (Å²) in [5.41, 5.74) is 2.95. The van der Waals surface area contributed by atoms with Crippen molar-refractivity contribution in [1.82, 2.24) is 5.32 Å². The number of nitrogens with one attached hydrogen (secondary N) is 1. The molecule has 0 aliphatic heterocycles. The summed E-state index contributed by atoms with van der Waals surface area (Å²) in [6, 6.07) is 13.0. The average Bonchev–Trinajstić information content (AvgIpc) is 2.55. The number of hydrogen-bond donors (Lipinski definition) is 1. The predicted molar refractivity (Wildman–Crippen MR) is 91.3 cm³/mol. The van der Waals surface area contributed by atoms with Crippen LogP contribution in [0.15, 0.2) is 42.5 Å². The summed E-state index contributed by atoms with van der Waals surface area (Å²) in [4.78, 5) is 12.3. The third-order valence-electron chi connectivity index (χ3n) is 3.70. The monoisotopic (exact) mass is 313 g/mol. The second-order valence-electron chi connectivity index (χ2n) is 5.64. The Kier molecular flexibility index (Phi) is 5.63. The molecule has 1 N–H and O–H groups in total. The van der Waals surface area contributed by atoms with Gasteiger partial charge in [0.1, 0.15) is 6.61 Å². The zero-order valence-electron chi connectivity index (χ0n) is 14.1. The molecule has 0 aliphatic rings. The van der Waals surface area contributed by atoms with Gasteiger partial charge in [0.2, 0.25) is 0 Å². The Morgan fingerprint density at radius 1 is 1.09 bits per heavy atom. The summed E-state index contributed by atoms with van der Waals surface area (Å²) >= 11 is 0. The molecule has 0 heterocycles. The first kappa shape index (κ1) is 16.9. The van der Waals surface area contributed by atoms with Gasteiger partial charge in [-0.3, -0.25) is 4.79 Å². The van der Waals surface area contributed by atoms with Crippen LogP contribution in [0.5, 0.6) is 11.5 Å². The summed E-state index contributed by atoms with van der Waals surface area (Å²) in [5.74, 6) is 1.26. The highest BCUT2D eigenvalue weighted by molar-refractivity contribution is 5.94. The van der Waals surface area contributed by atoms with E-state index in [2.05, 4.69) is 5.32 Å². The van der Waals surface area contributed by atoms with Crippen molar-refractivity contribution in [1.29, 1.82) is 0 Å². The third-order valence-corrected chi connectivity index (χ3v) is 3.70. The maximum absolute atomic E-state index is 12.3. The lowest BCUT2D eigenvalue weighted by Crippen LogP contribution is -2.36. The van der Waals surface area contributed by atoms with Gasteiger partial charge >= 0.3 is 0 Å². The molecule has 0 aromatic heterocycles. The third kappa shape index (κ3) is 4.49. The second kappa shape index (κ2) is 7.68. The van der Waals surface area contributed by atoms with Crippen molar-refractivity contribution in [3.63, 3.8) is 0 Å². The van der Waals surface area contributed by atoms with E-state index < -0.39 is 0 Å². The van der Waals surface area contributed by atoms with Gasteiger partial charge in [0.05, 0.1) is 13.2 Å². The van der Waals surface area contributed by atoms with E-state index >= 15 is 0 Å². The molecule has 0 saturated carbocycles. The van der Waals surface area contributed by atoms with Gasteiger partial charge in [0.25, 0.3) is 5.91 Å². The number of methoxy groups -OCH3 is 1. The van der Waals surface area contributed by atoms with Gasteiger partial charge in [-0.05, 0) is 56.2 Å². The molecule has 2 aromatic carbocycles. The van der Waals surface area contributed by atoms with Crippen LogP contribution in [0.4, 0.5) is 0 Å². The molecule has 23 heavy (non-hydrogen) atoms. The molecule has 0 saturated heterocycles. The molecule has 0 unspecified atom stereocenters. The summed E-state index contributed by atoms with van der Waals surface area (Å²) in [5, 5.41) is 2.95. The smallest absolute Gasteiger partial charge is 0.251 e. The van der Waals surface area contributed by atoms with Gasteiger partial charge in [-0.2, -0.15) is 0 Å². The number of carbonyl (C=O) groups is 1. The Balaban J connectivity index is 1.92. The number of ether oxygens (including phenoxy) is 2. The largest absolute Gasteiger partial charge is 0.493 e. The fraction of sp³-hybridized carbons (Fsp3) is 0.316. The maximum atomic E-state index is 12.3. The molecule has 4 nitrogen and oxygen atoms in total. The van der Waals surface area contributed by atoms with E-state index in [9.17, 15) is 4.79 Å². The van der Waals surface area contributed by atoms with Crippen LogP contribution in [0.3, 0.4) is 0 Å². The Morgan fingerprint density at radius 2 is 1.78 bits per heavy atom. The normalized spacial score (nSPS) is 11.7. The van der Waals surface area contributed by atoms with Gasteiger partial charge < -0.3 is 14.8 Å². The van der Waals surface area contributed by atoms with Crippen molar-refractivity contribution in [2.45, 2.75) is 26.8 Å². The number of carbonyl (C=O) groups excluding carboxylic acids is 1.